The van der Waals surface area contributed by atoms with E-state index >= 15 is 0 Å². The number of rotatable bonds is 43. The van der Waals surface area contributed by atoms with Crippen molar-refractivity contribution in [2.24, 2.45) is 11.1 Å². The Kier molecular flexibility index (Phi) is 39.5. The summed E-state index contributed by atoms with van der Waals surface area (Å²) in [5.41, 5.74) is 4.37. The summed E-state index contributed by atoms with van der Waals surface area (Å²) in [6, 6.07) is 5.09. The second-order valence-electron chi connectivity index (χ2n) is 15.6. The minimum Gasteiger partial charge on any atom is -0.493 e. The van der Waals surface area contributed by atoms with Gasteiger partial charge in [-0.1, -0.05) is 7.43 Å². The van der Waals surface area contributed by atoms with E-state index in [-0.39, 0.29) is 136 Å². The van der Waals surface area contributed by atoms with Gasteiger partial charge in [0.15, 0.2) is 23.0 Å². The predicted molar refractivity (Wildman–Crippen MR) is 268 cm³/mol. The topological polar surface area (TPSA) is 351 Å². The van der Waals surface area contributed by atoms with Crippen LogP contribution in [-0.4, -0.2) is 199 Å². The van der Waals surface area contributed by atoms with Gasteiger partial charge in [-0.2, -0.15) is 0 Å². The fourth-order valence-corrected chi connectivity index (χ4v) is 6.11. The third kappa shape index (κ3) is 29.3. The molecular weight excluding hydrogens is 985 g/mol. The summed E-state index contributed by atoms with van der Waals surface area (Å²) < 4.78 is 65.3. The highest BCUT2D eigenvalue weighted by atomic mass is 16.6. The Morgan fingerprint density at radius 3 is 1.26 bits per heavy atom. The third-order valence-electron chi connectivity index (χ3n) is 9.84. The van der Waals surface area contributed by atoms with Crippen LogP contribution in [0, 0.1) is 25.6 Å². The summed E-state index contributed by atoms with van der Waals surface area (Å²) >= 11 is 0. The van der Waals surface area contributed by atoms with Gasteiger partial charge in [-0.3, -0.25) is 34.6 Å². The molecule has 2 rings (SSSR count). The fourth-order valence-electron chi connectivity index (χ4n) is 6.11. The molecule has 0 saturated carbocycles. The molecule has 0 atom stereocenters. The third-order valence-corrected chi connectivity index (χ3v) is 9.84. The van der Waals surface area contributed by atoms with Crippen molar-refractivity contribution < 1.29 is 91.3 Å². The highest BCUT2D eigenvalue weighted by molar-refractivity contribution is 5.78. The predicted octanol–water partition coefficient (Wildman–Crippen LogP) is 1.46. The Labute approximate surface area is 432 Å². The Morgan fingerprint density at radius 1 is 0.541 bits per heavy atom. The highest BCUT2D eigenvalue weighted by Gasteiger charge is 2.33. The van der Waals surface area contributed by atoms with Gasteiger partial charge < -0.3 is 88.7 Å². The molecule has 0 spiro atoms. The largest absolute Gasteiger partial charge is 0.493 e. The van der Waals surface area contributed by atoms with Crippen LogP contribution in [-0.2, 0) is 65.5 Å². The summed E-state index contributed by atoms with van der Waals surface area (Å²) in [5.74, 6) is 0.118. The van der Waals surface area contributed by atoms with Crippen molar-refractivity contribution in [1.82, 2.24) is 16.0 Å². The molecule has 0 bridgehead atoms. The maximum atomic E-state index is 12.2. The molecule has 0 aliphatic carbocycles. The van der Waals surface area contributed by atoms with E-state index in [2.05, 4.69) is 16.0 Å². The van der Waals surface area contributed by atoms with Crippen LogP contribution in [0.3, 0.4) is 0 Å². The SMILES string of the molecule is C.COCCOCC(COCCOC)(COCCOC)COCCOCC(=O)NCCNC(=O)CCCOc1cc([N+](=O)[O-])c(CO)cc1OC.COc1cc(CO)c([N+](=O)[O-])cc1OCCCC(=O)NCCN. The zero-order valence-corrected chi connectivity index (χ0v) is 42.6. The molecule has 27 heteroatoms. The van der Waals surface area contributed by atoms with E-state index < -0.39 is 28.5 Å². The average Bonchev–Trinajstić information content (AvgIpc) is 3.39. The average molecular weight is 1070 g/mol. The second kappa shape index (κ2) is 42.7. The van der Waals surface area contributed by atoms with E-state index in [1.165, 1.54) is 38.5 Å². The molecule has 0 fully saturated rings. The lowest BCUT2D eigenvalue weighted by molar-refractivity contribution is -0.386. The summed E-state index contributed by atoms with van der Waals surface area (Å²) in [5, 5.41) is 48.8. The Balaban J connectivity index is 0.00000185. The van der Waals surface area contributed by atoms with Crippen LogP contribution in [0.2, 0.25) is 0 Å². The van der Waals surface area contributed by atoms with Crippen molar-refractivity contribution in [3.63, 3.8) is 0 Å². The molecule has 27 nitrogen and oxygen atoms in total. The molecular formula is C47H80N6O21. The number of methoxy groups -OCH3 is 5. The number of aliphatic hydroxyl groups is 2. The Hall–Kier alpha value is -5.59. The number of benzene rings is 2. The molecule has 7 N–H and O–H groups in total. The zero-order valence-electron chi connectivity index (χ0n) is 42.6. The number of nitro benzene ring substituents is 2. The molecule has 3 amide bonds. The number of carbonyl (C=O) groups is 3. The van der Waals surface area contributed by atoms with E-state index in [4.69, 9.17) is 62.6 Å². The fraction of sp³-hybridized carbons (Fsp3) is 0.681. The molecule has 0 aliphatic heterocycles. The van der Waals surface area contributed by atoms with Crippen molar-refractivity contribution in [3.05, 3.63) is 55.6 Å². The van der Waals surface area contributed by atoms with E-state index in [0.29, 0.717) is 85.4 Å². The molecule has 0 aromatic heterocycles. The molecule has 74 heavy (non-hydrogen) atoms. The standard InChI is InChI=1S/C32H55N3O15.C14H21N3O6.CH4/c1-41-10-13-46-22-32(23-47-14-11-42-2,24-48-15-12-43-3)25-49-17-16-45-21-31(38)34-8-7-33-30(37)6-5-9-50-29-19-27(35(39)40)26(20-36)18-28(29)44-4;1-22-12-7-10(9-18)11(17(20)21)8-13(12)23-6-2-3-14(19)16-5-4-15;/h18-19,36H,5-17,20-25H2,1-4H3,(H,33,37)(H,34,38);7-8,18H,2-6,9,15H2,1H3,(H,16,19);1H4. The summed E-state index contributed by atoms with van der Waals surface area (Å²) in [7, 11) is 7.57. The quantitative estimate of drug-likeness (QED) is 0.0311. The van der Waals surface area contributed by atoms with Gasteiger partial charge in [-0.25, -0.2) is 0 Å². The Bertz CT molecular complexity index is 1850. The number of hydrogen-bond acceptors (Lipinski definition) is 22. The first kappa shape index (κ1) is 68.4. The van der Waals surface area contributed by atoms with Gasteiger partial charge in [0.1, 0.15) is 6.61 Å². The lowest BCUT2D eigenvalue weighted by Gasteiger charge is -2.33. The van der Waals surface area contributed by atoms with Gasteiger partial charge in [0, 0.05) is 60.4 Å². The van der Waals surface area contributed by atoms with Gasteiger partial charge in [0.2, 0.25) is 17.7 Å². The van der Waals surface area contributed by atoms with Gasteiger partial charge in [0.05, 0.1) is 158 Å². The number of nitrogens with zero attached hydrogens (tertiary/aromatic N) is 2. The van der Waals surface area contributed by atoms with E-state index in [1.807, 2.05) is 0 Å². The van der Waals surface area contributed by atoms with E-state index in [0.717, 1.165) is 0 Å². The lowest BCUT2D eigenvalue weighted by atomic mass is 9.92. The monoisotopic (exact) mass is 1060 g/mol. The first-order valence-corrected chi connectivity index (χ1v) is 23.3. The van der Waals surface area contributed by atoms with Crippen LogP contribution in [0.5, 0.6) is 23.0 Å². The first-order valence-electron chi connectivity index (χ1n) is 23.3. The van der Waals surface area contributed by atoms with Crippen LogP contribution < -0.4 is 40.6 Å². The maximum absolute atomic E-state index is 12.2. The van der Waals surface area contributed by atoms with Gasteiger partial charge in [-0.05, 0) is 25.0 Å². The van der Waals surface area contributed by atoms with Crippen molar-refractivity contribution in [3.8, 4) is 23.0 Å². The molecule has 2 aromatic carbocycles. The lowest BCUT2D eigenvalue weighted by Crippen LogP contribution is -2.43. The molecule has 0 unspecified atom stereocenters. The molecule has 2 aromatic rings. The van der Waals surface area contributed by atoms with Gasteiger partial charge >= 0.3 is 0 Å². The number of aliphatic hydroxyl groups excluding tert-OH is 2. The summed E-state index contributed by atoms with van der Waals surface area (Å²) in [6.07, 6.45) is 1.17. The summed E-state index contributed by atoms with van der Waals surface area (Å²) in [6.45, 7) is 4.46. The molecule has 0 radical (unpaired) electrons. The van der Waals surface area contributed by atoms with Crippen LogP contribution >= 0.6 is 0 Å². The van der Waals surface area contributed by atoms with E-state index in [1.54, 1.807) is 21.3 Å². The Morgan fingerprint density at radius 2 is 0.905 bits per heavy atom. The number of amides is 3. The number of nitrogens with two attached hydrogens (primary N) is 1. The van der Waals surface area contributed by atoms with Crippen LogP contribution in [0.4, 0.5) is 11.4 Å². The van der Waals surface area contributed by atoms with Crippen LogP contribution in [0.15, 0.2) is 24.3 Å². The number of nitrogens with one attached hydrogen (secondary N) is 3. The normalized spacial score (nSPS) is 10.9. The molecule has 0 heterocycles. The second-order valence-corrected chi connectivity index (χ2v) is 15.6. The number of nitro groups is 2. The minimum atomic E-state index is -0.619. The minimum absolute atomic E-state index is 0. The molecule has 0 saturated heterocycles. The number of hydrogen-bond donors (Lipinski definition) is 6. The number of ether oxygens (including phenoxy) is 12. The van der Waals surface area contributed by atoms with Crippen molar-refractivity contribution in [2.75, 3.05) is 161 Å². The van der Waals surface area contributed by atoms with Crippen molar-refractivity contribution in [1.29, 1.82) is 0 Å². The zero-order chi connectivity index (χ0) is 54.1. The van der Waals surface area contributed by atoms with Gasteiger partial charge in [0.25, 0.3) is 11.4 Å². The number of carbonyl (C=O) groups excluding carboxylic acids is 3. The van der Waals surface area contributed by atoms with Crippen LogP contribution in [0.25, 0.3) is 0 Å². The van der Waals surface area contributed by atoms with Gasteiger partial charge in [-0.15, -0.1) is 0 Å². The molecule has 0 aliphatic rings. The summed E-state index contributed by atoms with van der Waals surface area (Å²) in [4.78, 5) is 56.7. The first-order chi connectivity index (χ1) is 35.3. The van der Waals surface area contributed by atoms with Crippen LogP contribution in [0.1, 0.15) is 44.2 Å². The van der Waals surface area contributed by atoms with Crippen molar-refractivity contribution >= 4 is 29.1 Å². The van der Waals surface area contributed by atoms with E-state index in [9.17, 15) is 44.8 Å². The molecule has 424 valence electrons. The maximum Gasteiger partial charge on any atom is 0.278 e. The van der Waals surface area contributed by atoms with Crippen molar-refractivity contribution in [2.45, 2.75) is 46.3 Å². The smallest absolute Gasteiger partial charge is 0.278 e. The highest BCUT2D eigenvalue weighted by Crippen LogP contribution is 2.36.